The quantitative estimate of drug-likeness (QED) is 0.161. The molecule has 0 bridgehead atoms. The third kappa shape index (κ3) is 7.64. The molecule has 49 heavy (non-hydrogen) atoms. The molecule has 0 heterocycles. The van der Waals surface area contributed by atoms with Crippen LogP contribution in [-0.4, -0.2) is 30.4 Å². The fourth-order valence-electron chi connectivity index (χ4n) is 5.40. The average molecular weight is 676 g/mol. The van der Waals surface area contributed by atoms with Crippen LogP contribution < -0.4 is 16.0 Å². The molecule has 3 amide bonds. The zero-order valence-electron chi connectivity index (χ0n) is 25.7. The second kappa shape index (κ2) is 13.7. The minimum Gasteiger partial charge on any atom is -0.366 e. The Kier molecular flexibility index (Phi) is 9.61. The van der Waals surface area contributed by atoms with Gasteiger partial charge in [-0.1, -0.05) is 84.9 Å². The summed E-state index contributed by atoms with van der Waals surface area (Å²) in [6, 6.07) is 27.1. The first-order chi connectivity index (χ1) is 23.2. The van der Waals surface area contributed by atoms with Crippen LogP contribution in [0, 0.1) is 6.92 Å². The number of nitrogens with one attached hydrogen (secondary N) is 1. The molecule has 0 aliphatic rings. The van der Waals surface area contributed by atoms with Crippen molar-refractivity contribution in [2.45, 2.75) is 19.3 Å². The second-order valence-electron chi connectivity index (χ2n) is 11.0. The molecule has 5 aromatic rings. The van der Waals surface area contributed by atoms with E-state index in [2.05, 4.69) is 5.32 Å². The number of aryl methyl sites for hydroxylation is 1. The molecule has 0 aromatic heterocycles. The molecule has 250 valence electrons. The Bertz CT molecular complexity index is 2020. The number of carbonyl (C=O) groups is 3. The first-order valence-corrected chi connectivity index (χ1v) is 14.7. The standard InChI is InChI=1S/C37H27F6N3O3/c1-22-15-20-30(33(44)47)32(46(21-36(38,39)40)35(49)29-14-8-6-12-27(29)23-9-3-2-4-10-23)31(22)45-34(48)28-13-7-5-11-26(28)24-16-18-25(19-17-24)37(41,42)43/h2-20H,21H2,1H3,(H2,44,47)(H,45,48). The van der Waals surface area contributed by atoms with Crippen molar-refractivity contribution in [2.24, 2.45) is 5.73 Å². The van der Waals surface area contributed by atoms with Gasteiger partial charge in [0.05, 0.1) is 22.5 Å². The van der Waals surface area contributed by atoms with Gasteiger partial charge in [0.25, 0.3) is 17.7 Å². The van der Waals surface area contributed by atoms with Gasteiger partial charge in [0.2, 0.25) is 0 Å². The Balaban J connectivity index is 1.64. The number of hydrogen-bond donors (Lipinski definition) is 2. The van der Waals surface area contributed by atoms with Crippen molar-refractivity contribution >= 4 is 29.1 Å². The van der Waals surface area contributed by atoms with Crippen LogP contribution in [0.25, 0.3) is 22.3 Å². The van der Waals surface area contributed by atoms with Crippen LogP contribution in [0.1, 0.15) is 42.2 Å². The minimum atomic E-state index is -4.97. The molecule has 0 saturated heterocycles. The molecule has 0 unspecified atom stereocenters. The van der Waals surface area contributed by atoms with Crippen LogP contribution in [0.5, 0.6) is 0 Å². The van der Waals surface area contributed by atoms with Gasteiger partial charge in [-0.2, -0.15) is 26.3 Å². The molecule has 6 nitrogen and oxygen atoms in total. The Labute approximate surface area is 276 Å². The van der Waals surface area contributed by atoms with Crippen LogP contribution in [0.4, 0.5) is 37.7 Å². The molecule has 0 aliphatic heterocycles. The van der Waals surface area contributed by atoms with Crippen LogP contribution in [0.2, 0.25) is 0 Å². The number of amides is 3. The lowest BCUT2D eigenvalue weighted by atomic mass is 9.97. The van der Waals surface area contributed by atoms with Gasteiger partial charge in [0.15, 0.2) is 0 Å². The zero-order valence-corrected chi connectivity index (χ0v) is 25.7. The number of anilines is 2. The molecule has 5 aromatic carbocycles. The summed E-state index contributed by atoms with van der Waals surface area (Å²) < 4.78 is 82.3. The predicted molar refractivity (Wildman–Crippen MR) is 174 cm³/mol. The minimum absolute atomic E-state index is 0.0415. The topological polar surface area (TPSA) is 92.5 Å². The highest BCUT2D eigenvalue weighted by Gasteiger charge is 2.38. The summed E-state index contributed by atoms with van der Waals surface area (Å²) in [5.74, 6) is -3.15. The molecule has 0 spiro atoms. The predicted octanol–water partition coefficient (Wildman–Crippen LogP) is 8.91. The lowest BCUT2D eigenvalue weighted by Crippen LogP contribution is -2.41. The number of rotatable bonds is 8. The number of nitrogens with zero attached hydrogens (tertiary/aromatic N) is 1. The number of hydrogen-bond acceptors (Lipinski definition) is 3. The third-order valence-electron chi connectivity index (χ3n) is 7.68. The molecule has 3 N–H and O–H groups in total. The van der Waals surface area contributed by atoms with Crippen LogP contribution in [0.15, 0.2) is 115 Å². The fraction of sp³-hybridized carbons (Fsp3) is 0.108. The van der Waals surface area contributed by atoms with Gasteiger partial charge in [0.1, 0.15) is 6.54 Å². The molecule has 5 rings (SSSR count). The van der Waals surface area contributed by atoms with Crippen LogP contribution in [-0.2, 0) is 6.18 Å². The smallest absolute Gasteiger partial charge is 0.366 e. The number of nitrogens with two attached hydrogens (primary N) is 1. The highest BCUT2D eigenvalue weighted by atomic mass is 19.4. The second-order valence-corrected chi connectivity index (χ2v) is 11.0. The number of alkyl halides is 6. The molecule has 0 aliphatic carbocycles. The summed E-state index contributed by atoms with van der Waals surface area (Å²) in [5, 5.41) is 2.57. The van der Waals surface area contributed by atoms with Gasteiger partial charge in [0, 0.05) is 11.1 Å². The maximum atomic E-state index is 14.3. The van der Waals surface area contributed by atoms with E-state index >= 15 is 0 Å². The van der Waals surface area contributed by atoms with Gasteiger partial charge in [-0.25, -0.2) is 0 Å². The normalized spacial score (nSPS) is 11.6. The SMILES string of the molecule is Cc1ccc(C(N)=O)c(N(CC(F)(F)F)C(=O)c2ccccc2-c2ccccc2)c1NC(=O)c1ccccc1-c1ccc(C(F)(F)F)cc1. The number of carbonyl (C=O) groups excluding carboxylic acids is 3. The lowest BCUT2D eigenvalue weighted by molar-refractivity contribution is -0.137. The Hall–Kier alpha value is -5.91. The third-order valence-corrected chi connectivity index (χ3v) is 7.68. The molecular formula is C37H27F6N3O3. The summed E-state index contributed by atoms with van der Waals surface area (Å²) in [7, 11) is 0. The van der Waals surface area contributed by atoms with Crippen molar-refractivity contribution in [1.82, 2.24) is 0 Å². The summed E-state index contributed by atoms with van der Waals surface area (Å²) in [5.41, 5.74) is 4.79. The largest absolute Gasteiger partial charge is 0.416 e. The Morgan fingerprint density at radius 2 is 1.18 bits per heavy atom. The number of benzene rings is 5. The maximum absolute atomic E-state index is 14.3. The van der Waals surface area contributed by atoms with Gasteiger partial charge in [-0.05, 0) is 65.1 Å². The van der Waals surface area contributed by atoms with Crippen molar-refractivity contribution < 1.29 is 40.7 Å². The monoisotopic (exact) mass is 675 g/mol. The van der Waals surface area contributed by atoms with Crippen molar-refractivity contribution in [3.8, 4) is 22.3 Å². The van der Waals surface area contributed by atoms with Gasteiger partial charge >= 0.3 is 12.4 Å². The van der Waals surface area contributed by atoms with E-state index in [1.54, 1.807) is 48.5 Å². The highest BCUT2D eigenvalue weighted by Crippen LogP contribution is 2.39. The first-order valence-electron chi connectivity index (χ1n) is 14.7. The number of halogens is 6. The Morgan fingerprint density at radius 1 is 0.653 bits per heavy atom. The first kappa shape index (κ1) is 34.4. The van der Waals surface area contributed by atoms with Gasteiger partial charge < -0.3 is 11.1 Å². The fourth-order valence-corrected chi connectivity index (χ4v) is 5.40. The van der Waals surface area contributed by atoms with E-state index in [9.17, 15) is 40.7 Å². The van der Waals surface area contributed by atoms with E-state index in [1.807, 2.05) is 0 Å². The molecule has 0 atom stereocenters. The molecule has 0 radical (unpaired) electrons. The molecular weight excluding hydrogens is 648 g/mol. The molecule has 0 saturated carbocycles. The summed E-state index contributed by atoms with van der Waals surface area (Å²) >= 11 is 0. The van der Waals surface area contributed by atoms with E-state index in [1.165, 1.54) is 61.5 Å². The van der Waals surface area contributed by atoms with E-state index < -0.39 is 53.4 Å². The molecule has 12 heteroatoms. The summed E-state index contributed by atoms with van der Waals surface area (Å²) in [4.78, 5) is 41.2. The van der Waals surface area contributed by atoms with E-state index in [0.29, 0.717) is 16.0 Å². The van der Waals surface area contributed by atoms with Crippen molar-refractivity contribution in [3.05, 3.63) is 143 Å². The van der Waals surface area contributed by atoms with Crippen molar-refractivity contribution in [2.75, 3.05) is 16.8 Å². The van der Waals surface area contributed by atoms with E-state index in [0.717, 1.165) is 12.1 Å². The zero-order chi connectivity index (χ0) is 35.5. The van der Waals surface area contributed by atoms with E-state index in [4.69, 9.17) is 5.73 Å². The Morgan fingerprint density at radius 3 is 1.76 bits per heavy atom. The van der Waals surface area contributed by atoms with Crippen molar-refractivity contribution in [1.29, 1.82) is 0 Å². The molecule has 0 fully saturated rings. The van der Waals surface area contributed by atoms with Crippen LogP contribution in [0.3, 0.4) is 0 Å². The van der Waals surface area contributed by atoms with Crippen LogP contribution >= 0.6 is 0 Å². The highest BCUT2D eigenvalue weighted by molar-refractivity contribution is 6.18. The van der Waals surface area contributed by atoms with Crippen molar-refractivity contribution in [3.63, 3.8) is 0 Å². The summed E-state index contributed by atoms with van der Waals surface area (Å²) in [6.45, 7) is -0.385. The number of primary amides is 1. The average Bonchev–Trinajstić information content (AvgIpc) is 3.07. The van der Waals surface area contributed by atoms with E-state index in [-0.39, 0.29) is 33.5 Å². The van der Waals surface area contributed by atoms with Gasteiger partial charge in [-0.15, -0.1) is 0 Å². The summed E-state index contributed by atoms with van der Waals surface area (Å²) in [6.07, 6.45) is -9.55. The maximum Gasteiger partial charge on any atom is 0.416 e. The lowest BCUT2D eigenvalue weighted by Gasteiger charge is -2.29. The van der Waals surface area contributed by atoms with Gasteiger partial charge in [-0.3, -0.25) is 19.3 Å².